The molecule has 0 N–H and O–H groups in total. The Balaban J connectivity index is 1.60. The highest BCUT2D eigenvalue weighted by molar-refractivity contribution is 5.51. The zero-order valence-electron chi connectivity index (χ0n) is 14.6. The molecule has 0 unspecified atom stereocenters. The van der Waals surface area contributed by atoms with Crippen molar-refractivity contribution in [2.75, 3.05) is 26.9 Å². The van der Waals surface area contributed by atoms with Gasteiger partial charge in [0.15, 0.2) is 11.5 Å². The van der Waals surface area contributed by atoms with E-state index in [4.69, 9.17) is 14.2 Å². The first-order valence-corrected chi connectivity index (χ1v) is 8.96. The van der Waals surface area contributed by atoms with Gasteiger partial charge in [0.1, 0.15) is 5.75 Å². The SMILES string of the molecule is COc1cc2c(cc1CN1CCC[C@@H]1c1ccccn1)OCCCO2. The van der Waals surface area contributed by atoms with Crippen LogP contribution < -0.4 is 14.2 Å². The van der Waals surface area contributed by atoms with Crippen molar-refractivity contribution in [3.8, 4) is 17.2 Å². The molecule has 0 amide bonds. The van der Waals surface area contributed by atoms with Crippen molar-refractivity contribution in [1.29, 1.82) is 0 Å². The zero-order chi connectivity index (χ0) is 17.1. The average Bonchev–Trinajstić information content (AvgIpc) is 2.99. The summed E-state index contributed by atoms with van der Waals surface area (Å²) in [6, 6.07) is 10.5. The van der Waals surface area contributed by atoms with Gasteiger partial charge in [-0.2, -0.15) is 0 Å². The van der Waals surface area contributed by atoms with E-state index >= 15 is 0 Å². The number of hydrogen-bond donors (Lipinski definition) is 0. The van der Waals surface area contributed by atoms with Gasteiger partial charge in [0.2, 0.25) is 0 Å². The lowest BCUT2D eigenvalue weighted by Gasteiger charge is -2.25. The maximum atomic E-state index is 5.85. The van der Waals surface area contributed by atoms with Crippen LogP contribution in [0.15, 0.2) is 36.5 Å². The largest absolute Gasteiger partial charge is 0.496 e. The van der Waals surface area contributed by atoms with Crippen molar-refractivity contribution >= 4 is 0 Å². The van der Waals surface area contributed by atoms with Crippen LogP contribution in [0.4, 0.5) is 0 Å². The second-order valence-corrected chi connectivity index (χ2v) is 6.54. The van der Waals surface area contributed by atoms with E-state index in [1.807, 2.05) is 18.3 Å². The van der Waals surface area contributed by atoms with Gasteiger partial charge in [0.25, 0.3) is 0 Å². The van der Waals surface area contributed by atoms with E-state index < -0.39 is 0 Å². The van der Waals surface area contributed by atoms with Crippen LogP contribution in [0.3, 0.4) is 0 Å². The van der Waals surface area contributed by atoms with Gasteiger partial charge in [-0.15, -0.1) is 0 Å². The van der Waals surface area contributed by atoms with Gasteiger partial charge in [0, 0.05) is 30.8 Å². The van der Waals surface area contributed by atoms with E-state index in [1.165, 1.54) is 6.42 Å². The monoisotopic (exact) mass is 340 g/mol. The Kier molecular flexibility index (Phi) is 4.74. The molecule has 1 saturated heterocycles. The van der Waals surface area contributed by atoms with Crippen molar-refractivity contribution in [3.05, 3.63) is 47.8 Å². The molecule has 1 atom stereocenters. The number of likely N-dealkylation sites (tertiary alicyclic amines) is 1. The molecule has 0 bridgehead atoms. The highest BCUT2D eigenvalue weighted by Gasteiger charge is 2.28. The predicted molar refractivity (Wildman–Crippen MR) is 95.2 cm³/mol. The fourth-order valence-corrected chi connectivity index (χ4v) is 3.69. The summed E-state index contributed by atoms with van der Waals surface area (Å²) in [6.07, 6.45) is 5.11. The summed E-state index contributed by atoms with van der Waals surface area (Å²) in [4.78, 5) is 7.04. The number of fused-ring (bicyclic) bond motifs is 1. The summed E-state index contributed by atoms with van der Waals surface area (Å²) in [7, 11) is 1.71. The van der Waals surface area contributed by atoms with E-state index in [-0.39, 0.29) is 0 Å². The number of hydrogen-bond acceptors (Lipinski definition) is 5. The average molecular weight is 340 g/mol. The number of pyridine rings is 1. The lowest BCUT2D eigenvalue weighted by molar-refractivity contribution is 0.239. The molecule has 2 aliphatic rings. The summed E-state index contributed by atoms with van der Waals surface area (Å²) in [5.74, 6) is 2.46. The Morgan fingerprint density at radius 2 is 2.00 bits per heavy atom. The van der Waals surface area contributed by atoms with Crippen LogP contribution in [-0.4, -0.2) is 36.8 Å². The quantitative estimate of drug-likeness (QED) is 0.851. The van der Waals surface area contributed by atoms with Crippen LogP contribution in [0.2, 0.25) is 0 Å². The zero-order valence-corrected chi connectivity index (χ0v) is 14.6. The van der Waals surface area contributed by atoms with Crippen LogP contribution in [0.25, 0.3) is 0 Å². The normalized spacial score (nSPS) is 20.3. The first-order chi connectivity index (χ1) is 12.3. The van der Waals surface area contributed by atoms with Crippen LogP contribution in [-0.2, 0) is 6.54 Å². The lowest BCUT2D eigenvalue weighted by atomic mass is 10.1. The van der Waals surface area contributed by atoms with Crippen LogP contribution >= 0.6 is 0 Å². The van der Waals surface area contributed by atoms with Crippen molar-refractivity contribution in [1.82, 2.24) is 9.88 Å². The molecule has 4 rings (SSSR count). The number of benzene rings is 1. The molecular formula is C20H24N2O3. The van der Waals surface area contributed by atoms with Crippen molar-refractivity contribution < 1.29 is 14.2 Å². The summed E-state index contributed by atoms with van der Waals surface area (Å²) in [5, 5.41) is 0. The topological polar surface area (TPSA) is 43.8 Å². The summed E-state index contributed by atoms with van der Waals surface area (Å²) >= 11 is 0. The van der Waals surface area contributed by atoms with Crippen molar-refractivity contribution in [2.24, 2.45) is 0 Å². The first-order valence-electron chi connectivity index (χ1n) is 8.96. The molecule has 0 radical (unpaired) electrons. The number of aromatic nitrogens is 1. The van der Waals surface area contributed by atoms with Crippen molar-refractivity contribution in [3.63, 3.8) is 0 Å². The number of ether oxygens (including phenoxy) is 3. The van der Waals surface area contributed by atoms with Gasteiger partial charge in [-0.25, -0.2) is 0 Å². The van der Waals surface area contributed by atoms with E-state index in [2.05, 4.69) is 28.1 Å². The molecule has 1 fully saturated rings. The summed E-state index contributed by atoms with van der Waals surface area (Å²) < 4.78 is 17.3. The van der Waals surface area contributed by atoms with Gasteiger partial charge in [-0.05, 0) is 37.6 Å². The lowest BCUT2D eigenvalue weighted by Crippen LogP contribution is -2.23. The van der Waals surface area contributed by atoms with E-state index in [1.54, 1.807) is 7.11 Å². The summed E-state index contributed by atoms with van der Waals surface area (Å²) in [6.45, 7) is 3.27. The third-order valence-corrected chi connectivity index (χ3v) is 4.92. The minimum atomic E-state index is 0.363. The fraction of sp³-hybridized carbons (Fsp3) is 0.450. The molecule has 2 aromatic rings. The second kappa shape index (κ2) is 7.31. The second-order valence-electron chi connectivity index (χ2n) is 6.54. The fourth-order valence-electron chi connectivity index (χ4n) is 3.69. The number of rotatable bonds is 4. The highest BCUT2D eigenvalue weighted by Crippen LogP contribution is 2.39. The minimum absolute atomic E-state index is 0.363. The predicted octanol–water partition coefficient (Wildman–Crippen LogP) is 3.59. The maximum absolute atomic E-state index is 5.85. The third kappa shape index (κ3) is 3.42. The van der Waals surface area contributed by atoms with E-state index in [0.29, 0.717) is 19.3 Å². The van der Waals surface area contributed by atoms with Crippen LogP contribution in [0.5, 0.6) is 17.2 Å². The molecule has 1 aromatic heterocycles. The molecule has 5 heteroatoms. The van der Waals surface area contributed by atoms with Crippen LogP contribution in [0.1, 0.15) is 36.6 Å². The molecule has 0 saturated carbocycles. The molecule has 132 valence electrons. The molecule has 1 aromatic carbocycles. The van der Waals surface area contributed by atoms with E-state index in [9.17, 15) is 0 Å². The number of methoxy groups -OCH3 is 1. The smallest absolute Gasteiger partial charge is 0.164 e. The van der Waals surface area contributed by atoms with Gasteiger partial charge in [-0.1, -0.05) is 6.07 Å². The van der Waals surface area contributed by atoms with Crippen molar-refractivity contribution in [2.45, 2.75) is 31.8 Å². The van der Waals surface area contributed by atoms with Gasteiger partial charge in [-0.3, -0.25) is 9.88 Å². The Labute approximate surface area is 148 Å². The first kappa shape index (κ1) is 16.2. The molecule has 0 aliphatic carbocycles. The van der Waals surface area contributed by atoms with Gasteiger partial charge >= 0.3 is 0 Å². The molecule has 2 aliphatic heterocycles. The Morgan fingerprint density at radius 3 is 2.76 bits per heavy atom. The number of nitrogens with zero attached hydrogens (tertiary/aromatic N) is 2. The molecule has 0 spiro atoms. The third-order valence-electron chi connectivity index (χ3n) is 4.92. The highest BCUT2D eigenvalue weighted by atomic mass is 16.5. The maximum Gasteiger partial charge on any atom is 0.164 e. The molecule has 25 heavy (non-hydrogen) atoms. The Bertz CT molecular complexity index is 720. The Morgan fingerprint density at radius 1 is 1.16 bits per heavy atom. The van der Waals surface area contributed by atoms with Crippen LogP contribution in [0, 0.1) is 0 Å². The Hall–Kier alpha value is -2.27. The molecule has 3 heterocycles. The van der Waals surface area contributed by atoms with Gasteiger partial charge in [0.05, 0.1) is 32.1 Å². The standard InChI is InChI=1S/C20H24N2O3/c1-23-18-13-20-19(24-10-5-11-25-20)12-15(18)14-22-9-4-7-17(22)16-6-2-3-8-21-16/h2-3,6,8,12-13,17H,4-5,7,9-11,14H2,1H3/t17-/m1/s1. The van der Waals surface area contributed by atoms with Gasteiger partial charge < -0.3 is 14.2 Å². The summed E-state index contributed by atoms with van der Waals surface area (Å²) in [5.41, 5.74) is 2.28. The minimum Gasteiger partial charge on any atom is -0.496 e. The van der Waals surface area contributed by atoms with E-state index in [0.717, 1.165) is 54.4 Å². The molecular weight excluding hydrogens is 316 g/mol. The molecule has 5 nitrogen and oxygen atoms in total.